The third-order valence-electron chi connectivity index (χ3n) is 4.31. The van der Waals surface area contributed by atoms with E-state index in [0.29, 0.717) is 19.2 Å². The fourth-order valence-corrected chi connectivity index (χ4v) is 3.15. The number of hydrogen-bond donors (Lipinski definition) is 1. The minimum atomic E-state index is -0.419. The molecule has 1 aromatic rings. The first kappa shape index (κ1) is 19.0. The van der Waals surface area contributed by atoms with Gasteiger partial charge in [-0.15, -0.1) is 12.4 Å². The van der Waals surface area contributed by atoms with Gasteiger partial charge in [-0.1, -0.05) is 63.4 Å². The van der Waals surface area contributed by atoms with Crippen LogP contribution in [0.3, 0.4) is 0 Å². The first-order valence-corrected chi connectivity index (χ1v) is 8.11. The summed E-state index contributed by atoms with van der Waals surface area (Å²) in [6.45, 7) is 5.35. The van der Waals surface area contributed by atoms with Crippen molar-refractivity contribution < 1.29 is 9.53 Å². The van der Waals surface area contributed by atoms with E-state index in [0.717, 1.165) is 31.2 Å². The van der Waals surface area contributed by atoms with Crippen LogP contribution in [-0.2, 0) is 14.9 Å². The summed E-state index contributed by atoms with van der Waals surface area (Å²) in [7, 11) is 0. The molecule has 3 nitrogen and oxygen atoms in total. The lowest BCUT2D eigenvalue weighted by atomic mass is 9.69. The summed E-state index contributed by atoms with van der Waals surface area (Å²) in [6.07, 6.45) is 5.25. The maximum absolute atomic E-state index is 12.7. The van der Waals surface area contributed by atoms with Crippen molar-refractivity contribution in [2.45, 2.75) is 57.4 Å². The molecule has 22 heavy (non-hydrogen) atoms. The Morgan fingerprint density at radius 3 is 2.41 bits per heavy atom. The van der Waals surface area contributed by atoms with Gasteiger partial charge >= 0.3 is 5.97 Å². The van der Waals surface area contributed by atoms with E-state index in [1.54, 1.807) is 0 Å². The second-order valence-electron chi connectivity index (χ2n) is 6.25. The third-order valence-corrected chi connectivity index (χ3v) is 4.31. The van der Waals surface area contributed by atoms with Gasteiger partial charge in [-0.2, -0.15) is 0 Å². The van der Waals surface area contributed by atoms with Crippen molar-refractivity contribution in [3.63, 3.8) is 0 Å². The van der Waals surface area contributed by atoms with Gasteiger partial charge in [0.1, 0.15) is 6.61 Å². The molecule has 0 unspecified atom stereocenters. The number of halogens is 1. The maximum Gasteiger partial charge on any atom is 0.316 e. The van der Waals surface area contributed by atoms with E-state index >= 15 is 0 Å². The van der Waals surface area contributed by atoms with Crippen LogP contribution in [-0.4, -0.2) is 25.2 Å². The van der Waals surface area contributed by atoms with E-state index < -0.39 is 5.41 Å². The molecule has 0 radical (unpaired) electrons. The number of benzene rings is 1. The van der Waals surface area contributed by atoms with Crippen LogP contribution < -0.4 is 5.32 Å². The number of carbonyl (C=O) groups is 1. The quantitative estimate of drug-likeness (QED) is 0.637. The van der Waals surface area contributed by atoms with Crippen molar-refractivity contribution in [1.82, 2.24) is 5.32 Å². The van der Waals surface area contributed by atoms with E-state index in [4.69, 9.17) is 4.74 Å². The van der Waals surface area contributed by atoms with Crippen molar-refractivity contribution in [2.24, 2.45) is 0 Å². The van der Waals surface area contributed by atoms with E-state index in [1.807, 2.05) is 18.2 Å². The van der Waals surface area contributed by atoms with Crippen LogP contribution in [0, 0.1) is 0 Å². The molecule has 0 bridgehead atoms. The Hall–Kier alpha value is -1.06. The largest absolute Gasteiger partial charge is 0.464 e. The van der Waals surface area contributed by atoms with Gasteiger partial charge in [0.05, 0.1) is 5.41 Å². The van der Waals surface area contributed by atoms with Crippen molar-refractivity contribution in [1.29, 1.82) is 0 Å². The van der Waals surface area contributed by atoms with Crippen molar-refractivity contribution in [3.8, 4) is 0 Å². The molecule has 1 aliphatic carbocycles. The molecule has 124 valence electrons. The van der Waals surface area contributed by atoms with Gasteiger partial charge in [0, 0.05) is 12.6 Å². The summed E-state index contributed by atoms with van der Waals surface area (Å²) in [5.74, 6) is -0.0426. The Morgan fingerprint density at radius 1 is 1.18 bits per heavy atom. The number of hydrogen-bond acceptors (Lipinski definition) is 3. The highest BCUT2D eigenvalue weighted by atomic mass is 35.5. The van der Waals surface area contributed by atoms with Gasteiger partial charge < -0.3 is 10.1 Å². The third kappa shape index (κ3) is 4.72. The lowest BCUT2D eigenvalue weighted by Gasteiger charge is -2.35. The predicted octanol–water partition coefficient (Wildman–Crippen LogP) is 3.85. The van der Waals surface area contributed by atoms with Crippen LogP contribution in [0.15, 0.2) is 30.3 Å². The van der Waals surface area contributed by atoms with Gasteiger partial charge in [0.15, 0.2) is 0 Å². The molecule has 0 amide bonds. The second kappa shape index (κ2) is 9.16. The van der Waals surface area contributed by atoms with E-state index in [-0.39, 0.29) is 18.4 Å². The van der Waals surface area contributed by atoms with Gasteiger partial charge in [-0.25, -0.2) is 0 Å². The van der Waals surface area contributed by atoms with Crippen molar-refractivity contribution >= 4 is 18.4 Å². The predicted molar refractivity (Wildman–Crippen MR) is 92.6 cm³/mol. The molecule has 0 aromatic heterocycles. The molecular weight excluding hydrogens is 298 g/mol. The van der Waals surface area contributed by atoms with Gasteiger partial charge in [-0.05, 0) is 18.4 Å². The number of rotatable bonds is 6. The second-order valence-corrected chi connectivity index (χ2v) is 6.25. The maximum atomic E-state index is 12.7. The summed E-state index contributed by atoms with van der Waals surface area (Å²) in [5.41, 5.74) is 0.698. The summed E-state index contributed by atoms with van der Waals surface area (Å²) in [6, 6.07) is 10.6. The minimum Gasteiger partial charge on any atom is -0.464 e. The zero-order valence-corrected chi connectivity index (χ0v) is 14.5. The van der Waals surface area contributed by atoms with Gasteiger partial charge in [-0.3, -0.25) is 4.79 Å². The molecule has 0 saturated heterocycles. The normalized spacial score (nSPS) is 16.9. The highest BCUT2D eigenvalue weighted by molar-refractivity contribution is 5.85. The van der Waals surface area contributed by atoms with Crippen LogP contribution in [0.2, 0.25) is 0 Å². The Labute approximate surface area is 140 Å². The molecule has 1 aromatic carbocycles. The highest BCUT2D eigenvalue weighted by Crippen LogP contribution is 2.40. The van der Waals surface area contributed by atoms with Gasteiger partial charge in [0.2, 0.25) is 0 Å². The van der Waals surface area contributed by atoms with Crippen molar-refractivity contribution in [2.75, 3.05) is 13.2 Å². The lowest BCUT2D eigenvalue weighted by Crippen LogP contribution is -2.40. The van der Waals surface area contributed by atoms with E-state index in [2.05, 4.69) is 31.3 Å². The zero-order valence-electron chi connectivity index (χ0n) is 13.6. The fourth-order valence-electron chi connectivity index (χ4n) is 3.15. The summed E-state index contributed by atoms with van der Waals surface area (Å²) < 4.78 is 5.59. The van der Waals surface area contributed by atoms with Crippen molar-refractivity contribution in [3.05, 3.63) is 35.9 Å². The van der Waals surface area contributed by atoms with E-state index in [1.165, 1.54) is 6.42 Å². The zero-order chi connectivity index (χ0) is 15.1. The molecule has 0 heterocycles. The Kier molecular flexibility index (Phi) is 7.91. The van der Waals surface area contributed by atoms with Crippen LogP contribution >= 0.6 is 12.4 Å². The summed E-state index contributed by atoms with van der Waals surface area (Å²) in [5, 5.41) is 3.28. The lowest BCUT2D eigenvalue weighted by molar-refractivity contribution is -0.152. The monoisotopic (exact) mass is 325 g/mol. The smallest absolute Gasteiger partial charge is 0.316 e. The fraction of sp³-hybridized carbons (Fsp3) is 0.611. The summed E-state index contributed by atoms with van der Waals surface area (Å²) in [4.78, 5) is 12.7. The molecule has 2 rings (SSSR count). The molecule has 4 heteroatoms. The minimum absolute atomic E-state index is 0. The Bertz CT molecular complexity index is 442. The average molecular weight is 326 g/mol. The molecule has 1 aliphatic rings. The Morgan fingerprint density at radius 2 is 1.82 bits per heavy atom. The standard InChI is InChI=1S/C18H27NO2.ClH/c1-15(2)19-13-14-21-17(20)18(11-7-4-8-12-18)16-9-5-3-6-10-16;/h3,5-6,9-10,15,19H,4,7-8,11-14H2,1-2H3;1H. The summed E-state index contributed by atoms with van der Waals surface area (Å²) >= 11 is 0. The molecule has 0 aliphatic heterocycles. The van der Waals surface area contributed by atoms with Crippen LogP contribution in [0.4, 0.5) is 0 Å². The van der Waals surface area contributed by atoms with Crippen LogP contribution in [0.1, 0.15) is 51.5 Å². The Balaban J connectivity index is 0.00000242. The number of carbonyl (C=O) groups excluding carboxylic acids is 1. The van der Waals surface area contributed by atoms with Crippen LogP contribution in [0.5, 0.6) is 0 Å². The molecule has 1 saturated carbocycles. The van der Waals surface area contributed by atoms with Gasteiger partial charge in [0.25, 0.3) is 0 Å². The number of esters is 1. The molecule has 0 spiro atoms. The topological polar surface area (TPSA) is 38.3 Å². The molecular formula is C18H28ClNO2. The molecule has 0 atom stereocenters. The first-order chi connectivity index (χ1) is 10.1. The van der Waals surface area contributed by atoms with Crippen LogP contribution in [0.25, 0.3) is 0 Å². The van der Waals surface area contributed by atoms with E-state index in [9.17, 15) is 4.79 Å². The SMILES string of the molecule is CC(C)NCCOC(=O)C1(c2ccccc2)CCCCC1.Cl. The first-order valence-electron chi connectivity index (χ1n) is 8.11. The number of ether oxygens (including phenoxy) is 1. The average Bonchev–Trinajstić information content (AvgIpc) is 2.52. The molecule has 1 N–H and O–H groups in total. The highest BCUT2D eigenvalue weighted by Gasteiger charge is 2.42. The number of nitrogens with one attached hydrogen (secondary N) is 1. The molecule has 1 fully saturated rings.